The molecule has 1 aromatic rings. The molecule has 0 aromatic heterocycles. The standard InChI is InChI=1S/C13H18N2O2/c1-8-4-5-9(14)7-11(8)10-3-2-6-15-12(10)13(16)17/h4-5,7,10,12,15H,2-3,6,14H2,1H3,(H,16,17). The Morgan fingerprint density at radius 2 is 2.29 bits per heavy atom. The third-order valence-electron chi connectivity index (χ3n) is 3.43. The van der Waals surface area contributed by atoms with E-state index in [1.807, 2.05) is 25.1 Å². The zero-order valence-corrected chi connectivity index (χ0v) is 9.94. The number of nitrogen functional groups attached to an aromatic ring is 1. The number of rotatable bonds is 2. The third-order valence-corrected chi connectivity index (χ3v) is 3.43. The quantitative estimate of drug-likeness (QED) is 0.678. The molecule has 92 valence electrons. The number of aliphatic carboxylic acids is 1. The molecule has 0 saturated carbocycles. The molecule has 0 bridgehead atoms. The Kier molecular flexibility index (Phi) is 3.33. The third kappa shape index (κ3) is 2.42. The van der Waals surface area contributed by atoms with Crippen LogP contribution in [0, 0.1) is 6.92 Å². The van der Waals surface area contributed by atoms with E-state index >= 15 is 0 Å². The van der Waals surface area contributed by atoms with Crippen LogP contribution >= 0.6 is 0 Å². The largest absolute Gasteiger partial charge is 0.480 e. The first-order chi connectivity index (χ1) is 8.09. The molecular weight excluding hydrogens is 216 g/mol. The first kappa shape index (κ1) is 11.9. The number of carbonyl (C=O) groups is 1. The number of anilines is 1. The number of carboxylic acids is 1. The fourth-order valence-corrected chi connectivity index (χ4v) is 2.54. The molecule has 1 saturated heterocycles. The van der Waals surface area contributed by atoms with Crippen molar-refractivity contribution in [1.82, 2.24) is 5.32 Å². The number of piperidine rings is 1. The van der Waals surface area contributed by atoms with Gasteiger partial charge in [0.25, 0.3) is 0 Å². The van der Waals surface area contributed by atoms with Gasteiger partial charge in [0.1, 0.15) is 6.04 Å². The molecular formula is C13H18N2O2. The summed E-state index contributed by atoms with van der Waals surface area (Å²) >= 11 is 0. The Morgan fingerprint density at radius 1 is 1.53 bits per heavy atom. The predicted molar refractivity (Wildman–Crippen MR) is 67.0 cm³/mol. The van der Waals surface area contributed by atoms with Gasteiger partial charge in [-0.1, -0.05) is 6.07 Å². The van der Waals surface area contributed by atoms with Crippen molar-refractivity contribution < 1.29 is 9.90 Å². The summed E-state index contributed by atoms with van der Waals surface area (Å²) in [6.45, 7) is 2.77. The van der Waals surface area contributed by atoms with Crippen LogP contribution in [0.2, 0.25) is 0 Å². The van der Waals surface area contributed by atoms with Crippen molar-refractivity contribution >= 4 is 11.7 Å². The van der Waals surface area contributed by atoms with Gasteiger partial charge in [-0.05, 0) is 49.6 Å². The number of nitrogens with two attached hydrogens (primary N) is 1. The number of aryl methyl sites for hydroxylation is 1. The summed E-state index contributed by atoms with van der Waals surface area (Å²) in [6, 6.07) is 5.22. The van der Waals surface area contributed by atoms with Gasteiger partial charge in [-0.25, -0.2) is 0 Å². The van der Waals surface area contributed by atoms with E-state index in [0.717, 1.165) is 30.5 Å². The van der Waals surface area contributed by atoms with E-state index in [1.165, 1.54) is 0 Å². The molecule has 1 heterocycles. The molecule has 17 heavy (non-hydrogen) atoms. The Morgan fingerprint density at radius 3 is 3.00 bits per heavy atom. The highest BCUT2D eigenvalue weighted by atomic mass is 16.4. The van der Waals surface area contributed by atoms with Crippen molar-refractivity contribution in [2.24, 2.45) is 0 Å². The van der Waals surface area contributed by atoms with E-state index in [4.69, 9.17) is 5.73 Å². The number of carboxylic acid groups (broad SMARTS) is 1. The monoisotopic (exact) mass is 234 g/mol. The lowest BCUT2D eigenvalue weighted by Crippen LogP contribution is -2.45. The van der Waals surface area contributed by atoms with Crippen LogP contribution in [-0.4, -0.2) is 23.7 Å². The lowest BCUT2D eigenvalue weighted by Gasteiger charge is -2.31. The average Bonchev–Trinajstić information content (AvgIpc) is 2.32. The molecule has 0 aliphatic carbocycles. The molecule has 0 radical (unpaired) electrons. The van der Waals surface area contributed by atoms with E-state index in [2.05, 4.69) is 5.32 Å². The fourth-order valence-electron chi connectivity index (χ4n) is 2.54. The van der Waals surface area contributed by atoms with Crippen LogP contribution < -0.4 is 11.1 Å². The second-order valence-corrected chi connectivity index (χ2v) is 4.63. The van der Waals surface area contributed by atoms with Crippen molar-refractivity contribution in [3.8, 4) is 0 Å². The zero-order valence-electron chi connectivity index (χ0n) is 9.94. The number of nitrogens with one attached hydrogen (secondary N) is 1. The second kappa shape index (κ2) is 4.75. The fraction of sp³-hybridized carbons (Fsp3) is 0.462. The molecule has 0 amide bonds. The summed E-state index contributed by atoms with van der Waals surface area (Å²) in [6.07, 6.45) is 1.90. The second-order valence-electron chi connectivity index (χ2n) is 4.63. The van der Waals surface area contributed by atoms with E-state index in [1.54, 1.807) is 0 Å². The Labute approximate surface area is 101 Å². The predicted octanol–water partition coefficient (Wildman–Crippen LogP) is 1.50. The number of hydrogen-bond donors (Lipinski definition) is 3. The molecule has 0 spiro atoms. The van der Waals surface area contributed by atoms with Crippen LogP contribution in [0.3, 0.4) is 0 Å². The van der Waals surface area contributed by atoms with Gasteiger partial charge in [0.05, 0.1) is 0 Å². The molecule has 1 aliphatic heterocycles. The van der Waals surface area contributed by atoms with E-state index in [-0.39, 0.29) is 5.92 Å². The minimum absolute atomic E-state index is 0.0183. The van der Waals surface area contributed by atoms with E-state index in [9.17, 15) is 9.90 Å². The van der Waals surface area contributed by atoms with Gasteiger partial charge in [0, 0.05) is 11.6 Å². The van der Waals surface area contributed by atoms with Crippen molar-refractivity contribution in [3.05, 3.63) is 29.3 Å². The molecule has 2 atom stereocenters. The van der Waals surface area contributed by atoms with Crippen LogP contribution in [0.1, 0.15) is 29.9 Å². The summed E-state index contributed by atoms with van der Waals surface area (Å²) < 4.78 is 0. The molecule has 1 aliphatic rings. The van der Waals surface area contributed by atoms with Crippen molar-refractivity contribution in [1.29, 1.82) is 0 Å². The molecule has 4 heteroatoms. The highest BCUT2D eigenvalue weighted by Crippen LogP contribution is 2.31. The molecule has 2 unspecified atom stereocenters. The van der Waals surface area contributed by atoms with Gasteiger partial charge >= 0.3 is 5.97 Å². The lowest BCUT2D eigenvalue weighted by molar-refractivity contribution is -0.140. The first-order valence-electron chi connectivity index (χ1n) is 5.92. The van der Waals surface area contributed by atoms with E-state index < -0.39 is 12.0 Å². The molecule has 4 N–H and O–H groups in total. The number of benzene rings is 1. The van der Waals surface area contributed by atoms with Crippen molar-refractivity contribution in [2.45, 2.75) is 31.7 Å². The van der Waals surface area contributed by atoms with Gasteiger partial charge in [0.15, 0.2) is 0 Å². The topological polar surface area (TPSA) is 75.3 Å². The molecule has 1 aromatic carbocycles. The average molecular weight is 234 g/mol. The molecule has 1 fully saturated rings. The Balaban J connectivity index is 2.35. The minimum atomic E-state index is -0.781. The summed E-state index contributed by atoms with van der Waals surface area (Å²) in [5.74, 6) is -0.763. The van der Waals surface area contributed by atoms with Crippen LogP contribution in [0.15, 0.2) is 18.2 Å². The van der Waals surface area contributed by atoms with Gasteiger partial charge in [-0.3, -0.25) is 4.79 Å². The lowest BCUT2D eigenvalue weighted by atomic mass is 9.82. The van der Waals surface area contributed by atoms with Crippen LogP contribution in [0.5, 0.6) is 0 Å². The maximum Gasteiger partial charge on any atom is 0.321 e. The normalized spacial score (nSPS) is 24.5. The SMILES string of the molecule is Cc1ccc(N)cc1C1CCCNC1C(=O)O. The first-order valence-corrected chi connectivity index (χ1v) is 5.92. The van der Waals surface area contributed by atoms with Crippen LogP contribution in [0.4, 0.5) is 5.69 Å². The molecule has 2 rings (SSSR count). The van der Waals surface area contributed by atoms with Crippen molar-refractivity contribution in [3.63, 3.8) is 0 Å². The van der Waals surface area contributed by atoms with Gasteiger partial charge < -0.3 is 16.2 Å². The minimum Gasteiger partial charge on any atom is -0.480 e. The molecule has 4 nitrogen and oxygen atoms in total. The summed E-state index contributed by atoms with van der Waals surface area (Å²) in [5, 5.41) is 12.3. The summed E-state index contributed by atoms with van der Waals surface area (Å²) in [7, 11) is 0. The summed E-state index contributed by atoms with van der Waals surface area (Å²) in [4.78, 5) is 11.2. The van der Waals surface area contributed by atoms with Gasteiger partial charge in [0.2, 0.25) is 0 Å². The Hall–Kier alpha value is -1.55. The van der Waals surface area contributed by atoms with Crippen molar-refractivity contribution in [2.75, 3.05) is 12.3 Å². The highest BCUT2D eigenvalue weighted by molar-refractivity contribution is 5.75. The van der Waals surface area contributed by atoms with Gasteiger partial charge in [-0.15, -0.1) is 0 Å². The Bertz CT molecular complexity index is 431. The maximum atomic E-state index is 11.2. The van der Waals surface area contributed by atoms with Gasteiger partial charge in [-0.2, -0.15) is 0 Å². The number of hydrogen-bond acceptors (Lipinski definition) is 3. The van der Waals surface area contributed by atoms with Crippen LogP contribution in [-0.2, 0) is 4.79 Å². The van der Waals surface area contributed by atoms with E-state index in [0.29, 0.717) is 5.69 Å². The summed E-state index contributed by atoms with van der Waals surface area (Å²) in [5.41, 5.74) is 8.65. The maximum absolute atomic E-state index is 11.2. The highest BCUT2D eigenvalue weighted by Gasteiger charge is 2.32. The smallest absolute Gasteiger partial charge is 0.321 e. The zero-order chi connectivity index (χ0) is 12.4. The van der Waals surface area contributed by atoms with Crippen LogP contribution in [0.25, 0.3) is 0 Å².